The first-order chi connectivity index (χ1) is 7.79. The van der Waals surface area contributed by atoms with E-state index in [0.29, 0.717) is 6.04 Å². The maximum atomic E-state index is 4.31. The van der Waals surface area contributed by atoms with Gasteiger partial charge in [0.2, 0.25) is 0 Å². The summed E-state index contributed by atoms with van der Waals surface area (Å²) in [6, 6.07) is 10.9. The van der Waals surface area contributed by atoms with E-state index in [9.17, 15) is 0 Å². The van der Waals surface area contributed by atoms with E-state index >= 15 is 0 Å². The van der Waals surface area contributed by atoms with Crippen LogP contribution in [-0.2, 0) is 0 Å². The molecule has 1 atom stereocenters. The van der Waals surface area contributed by atoms with Gasteiger partial charge in [-0.25, -0.2) is 0 Å². The maximum Gasteiger partial charge on any atom is 0.0703 e. The summed E-state index contributed by atoms with van der Waals surface area (Å²) in [6.07, 6.45) is 4.24. The van der Waals surface area contributed by atoms with E-state index in [1.165, 1.54) is 23.9 Å². The summed E-state index contributed by atoms with van der Waals surface area (Å²) in [4.78, 5) is 4.31. The smallest absolute Gasteiger partial charge is 0.0703 e. The highest BCUT2D eigenvalue weighted by atomic mass is 14.9. The van der Waals surface area contributed by atoms with E-state index in [0.717, 1.165) is 5.52 Å². The number of aromatic nitrogens is 1. The standard InChI is InChI=1S/C14H18N2/c1-3-5-11(2)16-13-7-8-14-12(10-13)6-4-9-15-14/h4,6-11,16H,3,5H2,1-2H3. The Morgan fingerprint density at radius 3 is 3.00 bits per heavy atom. The van der Waals surface area contributed by atoms with Gasteiger partial charge in [0.25, 0.3) is 0 Å². The van der Waals surface area contributed by atoms with E-state index in [4.69, 9.17) is 0 Å². The van der Waals surface area contributed by atoms with Gasteiger partial charge in [-0.15, -0.1) is 0 Å². The molecular formula is C14H18N2. The molecule has 84 valence electrons. The van der Waals surface area contributed by atoms with Gasteiger partial charge in [-0.05, 0) is 37.6 Å². The third-order valence-electron chi connectivity index (χ3n) is 2.74. The summed E-state index contributed by atoms with van der Waals surface area (Å²) in [5.41, 5.74) is 2.23. The van der Waals surface area contributed by atoms with Crippen LogP contribution in [0.4, 0.5) is 5.69 Å². The molecule has 0 saturated carbocycles. The first-order valence-electron chi connectivity index (χ1n) is 5.91. The number of hydrogen-bond acceptors (Lipinski definition) is 2. The Balaban J connectivity index is 2.19. The van der Waals surface area contributed by atoms with Crippen molar-refractivity contribution in [2.75, 3.05) is 5.32 Å². The number of nitrogens with zero attached hydrogens (tertiary/aromatic N) is 1. The van der Waals surface area contributed by atoms with Crippen LogP contribution in [-0.4, -0.2) is 11.0 Å². The molecule has 1 aromatic carbocycles. The fourth-order valence-corrected chi connectivity index (χ4v) is 1.96. The Morgan fingerprint density at radius 2 is 2.19 bits per heavy atom. The van der Waals surface area contributed by atoms with Gasteiger partial charge in [0.05, 0.1) is 5.52 Å². The van der Waals surface area contributed by atoms with Crippen LogP contribution in [0.2, 0.25) is 0 Å². The van der Waals surface area contributed by atoms with Crippen LogP contribution in [0.5, 0.6) is 0 Å². The zero-order chi connectivity index (χ0) is 11.4. The van der Waals surface area contributed by atoms with Gasteiger partial charge in [0, 0.05) is 23.3 Å². The molecular weight excluding hydrogens is 196 g/mol. The van der Waals surface area contributed by atoms with Crippen molar-refractivity contribution in [3.8, 4) is 0 Å². The molecule has 0 spiro atoms. The molecule has 0 aliphatic rings. The van der Waals surface area contributed by atoms with Crippen LogP contribution in [0.1, 0.15) is 26.7 Å². The maximum absolute atomic E-state index is 4.31. The lowest BCUT2D eigenvalue weighted by Gasteiger charge is -2.14. The molecule has 1 aromatic heterocycles. The number of benzene rings is 1. The highest BCUT2D eigenvalue weighted by molar-refractivity contribution is 5.82. The number of hydrogen-bond donors (Lipinski definition) is 1. The quantitative estimate of drug-likeness (QED) is 0.836. The lowest BCUT2D eigenvalue weighted by atomic mass is 10.1. The number of anilines is 1. The monoisotopic (exact) mass is 214 g/mol. The number of rotatable bonds is 4. The van der Waals surface area contributed by atoms with Crippen LogP contribution >= 0.6 is 0 Å². The van der Waals surface area contributed by atoms with E-state index in [2.05, 4.69) is 48.4 Å². The molecule has 0 amide bonds. The summed E-state index contributed by atoms with van der Waals surface area (Å²) in [6.45, 7) is 4.43. The van der Waals surface area contributed by atoms with Crippen LogP contribution in [0.15, 0.2) is 36.5 Å². The van der Waals surface area contributed by atoms with E-state index < -0.39 is 0 Å². The van der Waals surface area contributed by atoms with E-state index in [1.807, 2.05) is 12.3 Å². The summed E-state index contributed by atoms with van der Waals surface area (Å²) in [7, 11) is 0. The van der Waals surface area contributed by atoms with Gasteiger partial charge in [0.15, 0.2) is 0 Å². The molecule has 0 aliphatic carbocycles. The van der Waals surface area contributed by atoms with Gasteiger partial charge in [-0.2, -0.15) is 0 Å². The third kappa shape index (κ3) is 2.51. The number of nitrogens with one attached hydrogen (secondary N) is 1. The summed E-state index contributed by atoms with van der Waals surface area (Å²) in [5.74, 6) is 0. The van der Waals surface area contributed by atoms with Gasteiger partial charge in [0.1, 0.15) is 0 Å². The first-order valence-corrected chi connectivity index (χ1v) is 5.91. The second-order valence-corrected chi connectivity index (χ2v) is 4.24. The molecule has 0 radical (unpaired) electrons. The topological polar surface area (TPSA) is 24.9 Å². The van der Waals surface area contributed by atoms with Crippen molar-refractivity contribution in [2.24, 2.45) is 0 Å². The average molecular weight is 214 g/mol. The molecule has 2 rings (SSSR count). The molecule has 1 N–H and O–H groups in total. The van der Waals surface area contributed by atoms with Crippen LogP contribution in [0, 0.1) is 0 Å². The molecule has 2 nitrogen and oxygen atoms in total. The lowest BCUT2D eigenvalue weighted by molar-refractivity contribution is 0.690. The Hall–Kier alpha value is -1.57. The minimum atomic E-state index is 0.527. The van der Waals surface area contributed by atoms with Gasteiger partial charge in [-0.3, -0.25) is 4.98 Å². The number of pyridine rings is 1. The molecule has 0 bridgehead atoms. The van der Waals surface area contributed by atoms with Gasteiger partial charge >= 0.3 is 0 Å². The zero-order valence-electron chi connectivity index (χ0n) is 9.90. The zero-order valence-corrected chi connectivity index (χ0v) is 9.90. The lowest BCUT2D eigenvalue weighted by Crippen LogP contribution is -2.14. The van der Waals surface area contributed by atoms with Crippen molar-refractivity contribution in [3.63, 3.8) is 0 Å². The molecule has 2 heteroatoms. The number of fused-ring (bicyclic) bond motifs is 1. The highest BCUT2D eigenvalue weighted by Crippen LogP contribution is 2.18. The van der Waals surface area contributed by atoms with Crippen molar-refractivity contribution in [1.29, 1.82) is 0 Å². The second kappa shape index (κ2) is 4.97. The minimum Gasteiger partial charge on any atom is -0.383 e. The van der Waals surface area contributed by atoms with Crippen molar-refractivity contribution in [2.45, 2.75) is 32.7 Å². The molecule has 0 aliphatic heterocycles. The summed E-state index contributed by atoms with van der Waals surface area (Å²) < 4.78 is 0. The predicted octanol–water partition coefficient (Wildman–Crippen LogP) is 3.84. The van der Waals surface area contributed by atoms with Crippen molar-refractivity contribution >= 4 is 16.6 Å². The second-order valence-electron chi connectivity index (χ2n) is 4.24. The molecule has 1 heterocycles. The Morgan fingerprint density at radius 1 is 1.31 bits per heavy atom. The molecule has 1 unspecified atom stereocenters. The molecule has 0 saturated heterocycles. The van der Waals surface area contributed by atoms with E-state index in [-0.39, 0.29) is 0 Å². The van der Waals surface area contributed by atoms with Crippen LogP contribution in [0.25, 0.3) is 10.9 Å². The largest absolute Gasteiger partial charge is 0.383 e. The fraction of sp³-hybridized carbons (Fsp3) is 0.357. The van der Waals surface area contributed by atoms with Crippen molar-refractivity contribution in [3.05, 3.63) is 36.5 Å². The SMILES string of the molecule is CCCC(C)Nc1ccc2ncccc2c1. The first kappa shape index (κ1) is 10.9. The van der Waals surface area contributed by atoms with E-state index in [1.54, 1.807) is 0 Å². The minimum absolute atomic E-state index is 0.527. The van der Waals surface area contributed by atoms with Crippen LogP contribution < -0.4 is 5.32 Å². The fourth-order valence-electron chi connectivity index (χ4n) is 1.96. The Labute approximate surface area is 96.7 Å². The van der Waals surface area contributed by atoms with Crippen LogP contribution in [0.3, 0.4) is 0 Å². The Kier molecular flexibility index (Phi) is 3.40. The van der Waals surface area contributed by atoms with Crippen molar-refractivity contribution in [1.82, 2.24) is 4.98 Å². The average Bonchev–Trinajstić information content (AvgIpc) is 2.29. The normalized spacial score (nSPS) is 12.6. The van der Waals surface area contributed by atoms with Gasteiger partial charge < -0.3 is 5.32 Å². The Bertz CT molecular complexity index is 465. The highest BCUT2D eigenvalue weighted by Gasteiger charge is 2.01. The van der Waals surface area contributed by atoms with Gasteiger partial charge in [-0.1, -0.05) is 19.4 Å². The molecule has 2 aromatic rings. The predicted molar refractivity (Wildman–Crippen MR) is 69.7 cm³/mol. The summed E-state index contributed by atoms with van der Waals surface area (Å²) in [5, 5.41) is 4.70. The summed E-state index contributed by atoms with van der Waals surface area (Å²) >= 11 is 0. The molecule has 0 fully saturated rings. The van der Waals surface area contributed by atoms with Crippen molar-refractivity contribution < 1.29 is 0 Å². The molecule has 16 heavy (non-hydrogen) atoms. The third-order valence-corrected chi connectivity index (χ3v) is 2.74.